The van der Waals surface area contributed by atoms with E-state index in [4.69, 9.17) is 17.3 Å². The summed E-state index contributed by atoms with van der Waals surface area (Å²) in [5, 5.41) is 12.9. The van der Waals surface area contributed by atoms with Crippen molar-refractivity contribution in [2.24, 2.45) is 5.73 Å². The summed E-state index contributed by atoms with van der Waals surface area (Å²) in [6, 6.07) is 10.1. The highest BCUT2D eigenvalue weighted by atomic mass is 35.5. The van der Waals surface area contributed by atoms with Gasteiger partial charge >= 0.3 is 5.97 Å². The molecule has 0 bridgehead atoms. The van der Waals surface area contributed by atoms with Gasteiger partial charge in [0.15, 0.2) is 5.69 Å². The molecule has 0 fully saturated rings. The summed E-state index contributed by atoms with van der Waals surface area (Å²) in [6.07, 6.45) is 1.90. The fourth-order valence-electron chi connectivity index (χ4n) is 3.14. The van der Waals surface area contributed by atoms with Gasteiger partial charge in [-0.25, -0.2) is 4.39 Å². The molecule has 162 valence electrons. The number of methoxy groups -OCH3 is 1. The third-order valence-electron chi connectivity index (χ3n) is 4.70. The van der Waals surface area contributed by atoms with Crippen LogP contribution in [0.4, 0.5) is 4.39 Å². The second kappa shape index (κ2) is 10.1. The van der Waals surface area contributed by atoms with E-state index in [0.717, 1.165) is 5.56 Å². The summed E-state index contributed by atoms with van der Waals surface area (Å²) in [4.78, 5) is 24.1. The number of benzene rings is 2. The first-order valence-electron chi connectivity index (χ1n) is 9.42. The van der Waals surface area contributed by atoms with Gasteiger partial charge in [0.25, 0.3) is 5.91 Å². The molecule has 4 N–H and O–H groups in total. The minimum atomic E-state index is -0.910. The molecule has 0 saturated heterocycles. The molecule has 0 unspecified atom stereocenters. The van der Waals surface area contributed by atoms with Crippen molar-refractivity contribution in [2.45, 2.75) is 24.9 Å². The van der Waals surface area contributed by atoms with Crippen molar-refractivity contribution in [3.05, 3.63) is 70.8 Å². The van der Waals surface area contributed by atoms with Crippen molar-refractivity contribution in [1.29, 1.82) is 0 Å². The first-order chi connectivity index (χ1) is 14.9. The predicted molar refractivity (Wildman–Crippen MR) is 113 cm³/mol. The van der Waals surface area contributed by atoms with Gasteiger partial charge < -0.3 is 15.8 Å². The van der Waals surface area contributed by atoms with Crippen LogP contribution in [-0.4, -0.2) is 46.5 Å². The van der Waals surface area contributed by atoms with Gasteiger partial charge in [-0.2, -0.15) is 0 Å². The second-order valence-electron chi connectivity index (χ2n) is 6.92. The molecule has 2 aromatic carbocycles. The van der Waals surface area contributed by atoms with Crippen molar-refractivity contribution in [1.82, 2.24) is 20.7 Å². The predicted octanol–water partition coefficient (Wildman–Crippen LogP) is 2.50. The molecule has 0 spiro atoms. The van der Waals surface area contributed by atoms with Crippen LogP contribution in [0.1, 0.15) is 22.5 Å². The lowest BCUT2D eigenvalue weighted by atomic mass is 9.97. The molecule has 10 heteroatoms. The topological polar surface area (TPSA) is 123 Å². The van der Waals surface area contributed by atoms with Crippen molar-refractivity contribution in [3.8, 4) is 11.1 Å². The molecular formula is C21H21ClFN5O3. The molecule has 1 aromatic heterocycles. The van der Waals surface area contributed by atoms with Crippen LogP contribution in [-0.2, 0) is 16.0 Å². The summed E-state index contributed by atoms with van der Waals surface area (Å²) in [6.45, 7) is 0. The maximum atomic E-state index is 14.1. The largest absolute Gasteiger partial charge is 0.468 e. The first-order valence-corrected chi connectivity index (χ1v) is 9.80. The summed E-state index contributed by atoms with van der Waals surface area (Å²) >= 11 is 5.98. The van der Waals surface area contributed by atoms with Crippen molar-refractivity contribution >= 4 is 23.5 Å². The number of nitrogens with one attached hydrogen (secondary N) is 2. The van der Waals surface area contributed by atoms with E-state index >= 15 is 0 Å². The molecule has 3 aromatic rings. The number of hydrogen-bond donors (Lipinski definition) is 3. The Morgan fingerprint density at radius 1 is 1.26 bits per heavy atom. The Bertz CT molecular complexity index is 1040. The Morgan fingerprint density at radius 3 is 2.65 bits per heavy atom. The van der Waals surface area contributed by atoms with Crippen LogP contribution < -0.4 is 11.1 Å². The van der Waals surface area contributed by atoms with Gasteiger partial charge in [0.05, 0.1) is 13.3 Å². The zero-order chi connectivity index (χ0) is 22.4. The SMILES string of the molecule is COC(=O)[C@H](N)C[C@@H](Cc1ccc(-c2cc(Cl)ccc2F)cc1)NC(=O)c1c[nH]nn1. The second-order valence-corrected chi connectivity index (χ2v) is 7.36. The van der Waals surface area contributed by atoms with Crippen LogP contribution in [0.15, 0.2) is 48.7 Å². The number of amides is 1. The van der Waals surface area contributed by atoms with Crippen LogP contribution in [0.3, 0.4) is 0 Å². The van der Waals surface area contributed by atoms with Crippen molar-refractivity contribution < 1.29 is 18.7 Å². The van der Waals surface area contributed by atoms with E-state index in [1.54, 1.807) is 18.2 Å². The van der Waals surface area contributed by atoms with E-state index in [0.29, 0.717) is 22.6 Å². The molecular weight excluding hydrogens is 425 g/mol. The van der Waals surface area contributed by atoms with Gasteiger partial charge in [0.2, 0.25) is 0 Å². The normalized spacial score (nSPS) is 12.8. The van der Waals surface area contributed by atoms with Gasteiger partial charge in [0.1, 0.15) is 11.9 Å². The zero-order valence-corrected chi connectivity index (χ0v) is 17.4. The quantitative estimate of drug-likeness (QED) is 0.458. The van der Waals surface area contributed by atoms with Crippen LogP contribution in [0.2, 0.25) is 5.02 Å². The maximum absolute atomic E-state index is 14.1. The molecule has 1 amide bonds. The minimum Gasteiger partial charge on any atom is -0.468 e. The Kier molecular flexibility index (Phi) is 7.32. The third-order valence-corrected chi connectivity index (χ3v) is 4.94. The summed E-state index contributed by atoms with van der Waals surface area (Å²) < 4.78 is 18.8. The molecule has 0 aliphatic heterocycles. The van der Waals surface area contributed by atoms with Crippen LogP contribution in [0, 0.1) is 5.82 Å². The van der Waals surface area contributed by atoms with Gasteiger partial charge in [-0.05, 0) is 42.2 Å². The number of carbonyl (C=O) groups excluding carboxylic acids is 2. The molecule has 0 aliphatic carbocycles. The highest BCUT2D eigenvalue weighted by Gasteiger charge is 2.23. The van der Waals surface area contributed by atoms with Gasteiger partial charge in [0, 0.05) is 16.6 Å². The number of ether oxygens (including phenoxy) is 1. The first kappa shape index (κ1) is 22.4. The standard InChI is InChI=1S/C21H21ClFN5O3/c1-31-21(30)18(24)10-15(26-20(29)19-11-25-28-27-19)8-12-2-4-13(5-3-12)16-9-14(22)6-7-17(16)23/h2-7,9,11,15,18H,8,10,24H2,1H3,(H,26,29)(H,25,27,28)/t15-,18-/m1/s1. The third kappa shape index (κ3) is 5.87. The number of carbonyl (C=O) groups is 2. The average Bonchev–Trinajstić information content (AvgIpc) is 3.30. The molecule has 1 heterocycles. The Morgan fingerprint density at radius 2 is 2.00 bits per heavy atom. The summed E-state index contributed by atoms with van der Waals surface area (Å²) in [5.41, 5.74) is 7.92. The van der Waals surface area contributed by atoms with E-state index in [-0.39, 0.29) is 17.9 Å². The molecule has 3 rings (SSSR count). The number of halogens is 2. The van der Waals surface area contributed by atoms with Crippen molar-refractivity contribution in [2.75, 3.05) is 7.11 Å². The van der Waals surface area contributed by atoms with Gasteiger partial charge in [-0.3, -0.25) is 14.7 Å². The lowest BCUT2D eigenvalue weighted by Gasteiger charge is -2.21. The van der Waals surface area contributed by atoms with Gasteiger partial charge in [-0.1, -0.05) is 41.1 Å². The summed E-state index contributed by atoms with van der Waals surface area (Å²) in [7, 11) is 1.25. The highest BCUT2D eigenvalue weighted by Crippen LogP contribution is 2.26. The molecule has 0 saturated carbocycles. The number of nitrogens with zero attached hydrogens (tertiary/aromatic N) is 2. The number of hydrogen-bond acceptors (Lipinski definition) is 6. The maximum Gasteiger partial charge on any atom is 0.322 e. The molecule has 2 atom stereocenters. The van der Waals surface area contributed by atoms with Crippen LogP contribution in [0.25, 0.3) is 11.1 Å². The van der Waals surface area contributed by atoms with E-state index in [9.17, 15) is 14.0 Å². The number of rotatable bonds is 8. The fraction of sp³-hybridized carbons (Fsp3) is 0.238. The van der Waals surface area contributed by atoms with E-state index < -0.39 is 24.0 Å². The number of nitrogens with two attached hydrogens (primary N) is 1. The van der Waals surface area contributed by atoms with E-state index in [2.05, 4.69) is 25.5 Å². The van der Waals surface area contributed by atoms with E-state index in [1.807, 2.05) is 12.1 Å². The fourth-order valence-corrected chi connectivity index (χ4v) is 3.32. The van der Waals surface area contributed by atoms with E-state index in [1.165, 1.54) is 25.4 Å². The minimum absolute atomic E-state index is 0.114. The molecule has 31 heavy (non-hydrogen) atoms. The van der Waals surface area contributed by atoms with Crippen LogP contribution in [0.5, 0.6) is 0 Å². The van der Waals surface area contributed by atoms with Crippen LogP contribution >= 0.6 is 11.6 Å². The van der Waals surface area contributed by atoms with Crippen molar-refractivity contribution in [3.63, 3.8) is 0 Å². The smallest absolute Gasteiger partial charge is 0.322 e. The lowest BCUT2D eigenvalue weighted by Crippen LogP contribution is -2.44. The monoisotopic (exact) mass is 445 g/mol. The Hall–Kier alpha value is -3.30. The molecule has 0 radical (unpaired) electrons. The number of esters is 1. The average molecular weight is 446 g/mol. The Balaban J connectivity index is 1.77. The Labute approximate surface area is 182 Å². The number of aromatic amines is 1. The zero-order valence-electron chi connectivity index (χ0n) is 16.6. The molecule has 8 nitrogen and oxygen atoms in total. The number of H-pyrrole nitrogens is 1. The highest BCUT2D eigenvalue weighted by molar-refractivity contribution is 6.30. The molecule has 0 aliphatic rings. The lowest BCUT2D eigenvalue weighted by molar-refractivity contribution is -0.142. The number of aromatic nitrogens is 3. The summed E-state index contributed by atoms with van der Waals surface area (Å²) in [5.74, 6) is -1.40. The van der Waals surface area contributed by atoms with Gasteiger partial charge in [-0.15, -0.1) is 5.10 Å².